The number of nitrogens with one attached hydrogen (secondary N) is 1. The minimum atomic E-state index is -3.51. The Hall–Kier alpha value is -1.73. The number of ketones is 1. The SMILES string of the molecule is CC(C)(C)C(=O)CNC(=O)C1CCN(S(=O)(=O)c2ccccc2)CC1. The van der Waals surface area contributed by atoms with Gasteiger partial charge in [-0.15, -0.1) is 0 Å². The summed E-state index contributed by atoms with van der Waals surface area (Å²) in [5.74, 6) is -0.450. The van der Waals surface area contributed by atoms with E-state index >= 15 is 0 Å². The fraction of sp³-hybridized carbons (Fsp3) is 0.556. The van der Waals surface area contributed by atoms with E-state index in [2.05, 4.69) is 5.32 Å². The molecule has 0 aromatic heterocycles. The zero-order chi connectivity index (χ0) is 18.7. The summed E-state index contributed by atoms with van der Waals surface area (Å²) in [5.41, 5.74) is -0.486. The molecule has 0 atom stereocenters. The molecule has 7 heteroatoms. The van der Waals surface area contributed by atoms with Gasteiger partial charge in [0, 0.05) is 24.4 Å². The fourth-order valence-corrected chi connectivity index (χ4v) is 4.17. The summed E-state index contributed by atoms with van der Waals surface area (Å²) in [4.78, 5) is 24.4. The lowest BCUT2D eigenvalue weighted by atomic mass is 9.90. The topological polar surface area (TPSA) is 83.6 Å². The highest BCUT2D eigenvalue weighted by molar-refractivity contribution is 7.89. The van der Waals surface area contributed by atoms with Crippen molar-refractivity contribution in [3.05, 3.63) is 30.3 Å². The second-order valence-corrected chi connectivity index (χ2v) is 9.32. The first kappa shape index (κ1) is 19.6. The molecule has 138 valence electrons. The summed E-state index contributed by atoms with van der Waals surface area (Å²) < 4.78 is 26.6. The lowest BCUT2D eigenvalue weighted by Gasteiger charge is -2.30. The highest BCUT2D eigenvalue weighted by Gasteiger charge is 2.32. The number of Topliss-reactive ketones (excluding diaryl/α,β-unsaturated/α-hetero) is 1. The largest absolute Gasteiger partial charge is 0.349 e. The molecule has 1 aliphatic rings. The predicted molar refractivity (Wildman–Crippen MR) is 95.4 cm³/mol. The van der Waals surface area contributed by atoms with Crippen LogP contribution in [0, 0.1) is 11.3 Å². The first-order chi connectivity index (χ1) is 11.6. The molecule has 2 rings (SSSR count). The van der Waals surface area contributed by atoms with Crippen LogP contribution in [0.1, 0.15) is 33.6 Å². The summed E-state index contributed by atoms with van der Waals surface area (Å²) in [6.45, 7) is 6.08. The number of carbonyl (C=O) groups is 2. The average molecular weight is 366 g/mol. The van der Waals surface area contributed by atoms with E-state index in [-0.39, 0.29) is 29.0 Å². The zero-order valence-corrected chi connectivity index (χ0v) is 15.8. The van der Waals surface area contributed by atoms with E-state index in [9.17, 15) is 18.0 Å². The van der Waals surface area contributed by atoms with Crippen molar-refractivity contribution < 1.29 is 18.0 Å². The molecule has 0 spiro atoms. The van der Waals surface area contributed by atoms with Gasteiger partial charge in [0.15, 0.2) is 5.78 Å². The highest BCUT2D eigenvalue weighted by Crippen LogP contribution is 2.24. The standard InChI is InChI=1S/C18H26N2O4S/c1-18(2,3)16(21)13-19-17(22)14-9-11-20(12-10-14)25(23,24)15-7-5-4-6-8-15/h4-8,14H,9-13H2,1-3H3,(H,19,22). The number of hydrogen-bond donors (Lipinski definition) is 1. The molecule has 1 saturated heterocycles. The molecule has 1 fully saturated rings. The van der Waals surface area contributed by atoms with Crippen LogP contribution in [-0.2, 0) is 19.6 Å². The molecular weight excluding hydrogens is 340 g/mol. The number of rotatable bonds is 5. The first-order valence-electron chi connectivity index (χ1n) is 8.48. The minimum Gasteiger partial charge on any atom is -0.349 e. The van der Waals surface area contributed by atoms with Gasteiger partial charge in [-0.25, -0.2) is 8.42 Å². The third-order valence-electron chi connectivity index (χ3n) is 4.47. The molecule has 1 N–H and O–H groups in total. The monoisotopic (exact) mass is 366 g/mol. The van der Waals surface area contributed by atoms with Crippen LogP contribution in [0.5, 0.6) is 0 Å². The van der Waals surface area contributed by atoms with Crippen LogP contribution in [0.2, 0.25) is 0 Å². The quantitative estimate of drug-likeness (QED) is 0.861. The Balaban J connectivity index is 1.89. The normalized spacial score (nSPS) is 17.2. The summed E-state index contributed by atoms with van der Waals surface area (Å²) in [6.07, 6.45) is 0.920. The van der Waals surface area contributed by atoms with Crippen molar-refractivity contribution in [2.24, 2.45) is 11.3 Å². The van der Waals surface area contributed by atoms with E-state index in [0.717, 1.165) is 0 Å². The Morgan fingerprint density at radius 2 is 1.68 bits per heavy atom. The second kappa shape index (κ2) is 7.66. The van der Waals surface area contributed by atoms with E-state index in [1.807, 2.05) is 20.8 Å². The molecule has 6 nitrogen and oxygen atoms in total. The van der Waals surface area contributed by atoms with Gasteiger partial charge in [0.2, 0.25) is 15.9 Å². The lowest BCUT2D eigenvalue weighted by Crippen LogP contribution is -2.44. The molecular formula is C18H26N2O4S. The Bertz CT molecular complexity index is 715. The van der Waals surface area contributed by atoms with Crippen molar-refractivity contribution in [1.29, 1.82) is 0 Å². The number of benzene rings is 1. The van der Waals surface area contributed by atoms with Crippen molar-refractivity contribution >= 4 is 21.7 Å². The van der Waals surface area contributed by atoms with Crippen LogP contribution in [0.4, 0.5) is 0 Å². The lowest BCUT2D eigenvalue weighted by molar-refractivity contribution is -0.131. The van der Waals surface area contributed by atoms with E-state index in [1.165, 1.54) is 4.31 Å². The Labute approximate surface area is 149 Å². The molecule has 1 aromatic carbocycles. The van der Waals surface area contributed by atoms with Crippen LogP contribution in [0.15, 0.2) is 35.2 Å². The van der Waals surface area contributed by atoms with Crippen LogP contribution >= 0.6 is 0 Å². The molecule has 1 amide bonds. The molecule has 1 aliphatic heterocycles. The summed E-state index contributed by atoms with van der Waals surface area (Å²) >= 11 is 0. The van der Waals surface area contributed by atoms with Gasteiger partial charge in [0.05, 0.1) is 11.4 Å². The Morgan fingerprint density at radius 3 is 2.20 bits per heavy atom. The number of hydrogen-bond acceptors (Lipinski definition) is 4. The van der Waals surface area contributed by atoms with E-state index in [4.69, 9.17) is 0 Å². The van der Waals surface area contributed by atoms with Crippen molar-refractivity contribution in [2.75, 3.05) is 19.6 Å². The molecule has 0 saturated carbocycles. The van der Waals surface area contributed by atoms with Gasteiger partial charge >= 0.3 is 0 Å². The molecule has 0 unspecified atom stereocenters. The molecule has 25 heavy (non-hydrogen) atoms. The van der Waals surface area contributed by atoms with E-state index < -0.39 is 15.4 Å². The van der Waals surface area contributed by atoms with E-state index in [1.54, 1.807) is 30.3 Å². The average Bonchev–Trinajstić information content (AvgIpc) is 2.59. The Morgan fingerprint density at radius 1 is 1.12 bits per heavy atom. The summed E-state index contributed by atoms with van der Waals surface area (Å²) in [6, 6.07) is 8.31. The molecule has 1 heterocycles. The van der Waals surface area contributed by atoms with Crippen molar-refractivity contribution in [3.63, 3.8) is 0 Å². The third kappa shape index (κ3) is 4.89. The number of piperidine rings is 1. The zero-order valence-electron chi connectivity index (χ0n) is 15.0. The summed E-state index contributed by atoms with van der Waals surface area (Å²) in [7, 11) is -3.51. The minimum absolute atomic E-state index is 0.0187. The number of amides is 1. The van der Waals surface area contributed by atoms with Crippen LogP contribution in [0.3, 0.4) is 0 Å². The van der Waals surface area contributed by atoms with Gasteiger partial charge in [-0.1, -0.05) is 39.0 Å². The third-order valence-corrected chi connectivity index (χ3v) is 6.38. The molecule has 1 aromatic rings. The summed E-state index contributed by atoms with van der Waals surface area (Å²) in [5, 5.41) is 2.69. The fourth-order valence-electron chi connectivity index (χ4n) is 2.68. The Kier molecular flexibility index (Phi) is 6.00. The van der Waals surface area contributed by atoms with Gasteiger partial charge in [0.1, 0.15) is 0 Å². The van der Waals surface area contributed by atoms with Gasteiger partial charge in [-0.3, -0.25) is 9.59 Å². The van der Waals surface area contributed by atoms with Crippen LogP contribution in [0.25, 0.3) is 0 Å². The van der Waals surface area contributed by atoms with Gasteiger partial charge < -0.3 is 5.32 Å². The van der Waals surface area contributed by atoms with Crippen LogP contribution in [-0.4, -0.2) is 44.0 Å². The van der Waals surface area contributed by atoms with E-state index in [0.29, 0.717) is 25.9 Å². The van der Waals surface area contributed by atoms with Gasteiger partial charge in [-0.05, 0) is 25.0 Å². The second-order valence-electron chi connectivity index (χ2n) is 7.38. The van der Waals surface area contributed by atoms with Gasteiger partial charge in [-0.2, -0.15) is 4.31 Å². The maximum absolute atomic E-state index is 12.6. The van der Waals surface area contributed by atoms with Crippen molar-refractivity contribution in [2.45, 2.75) is 38.5 Å². The predicted octanol–water partition coefficient (Wildman–Crippen LogP) is 1.82. The molecule has 0 radical (unpaired) electrons. The smallest absolute Gasteiger partial charge is 0.243 e. The molecule has 0 aliphatic carbocycles. The maximum Gasteiger partial charge on any atom is 0.243 e. The van der Waals surface area contributed by atoms with Crippen molar-refractivity contribution in [1.82, 2.24) is 9.62 Å². The number of sulfonamides is 1. The number of carbonyl (C=O) groups excluding carboxylic acids is 2. The molecule has 0 bridgehead atoms. The van der Waals surface area contributed by atoms with Gasteiger partial charge in [0.25, 0.3) is 0 Å². The van der Waals surface area contributed by atoms with Crippen molar-refractivity contribution in [3.8, 4) is 0 Å². The van der Waals surface area contributed by atoms with Crippen LogP contribution < -0.4 is 5.32 Å². The maximum atomic E-state index is 12.6. The highest BCUT2D eigenvalue weighted by atomic mass is 32.2. The number of nitrogens with zero attached hydrogens (tertiary/aromatic N) is 1. The first-order valence-corrected chi connectivity index (χ1v) is 9.92.